The van der Waals surface area contributed by atoms with Crippen LogP contribution in [-0.2, 0) is 19.9 Å². The van der Waals surface area contributed by atoms with E-state index in [0.29, 0.717) is 6.61 Å². The van der Waals surface area contributed by atoms with Crippen LogP contribution in [0.2, 0.25) is 0 Å². The Morgan fingerprint density at radius 2 is 0.891 bits per heavy atom. The number of hydrogen-bond donors (Lipinski definition) is 0. The molecule has 7 heteroatoms. The van der Waals surface area contributed by atoms with Gasteiger partial charge in [-0.25, -0.2) is 0 Å². The van der Waals surface area contributed by atoms with Crippen LogP contribution in [0.1, 0.15) is 18.3 Å². The van der Waals surface area contributed by atoms with E-state index in [1.807, 2.05) is 19.2 Å². The summed E-state index contributed by atoms with van der Waals surface area (Å²) in [6.07, 6.45) is 1.87. The molecule has 0 bridgehead atoms. The third-order valence-electron chi connectivity index (χ3n) is 6.93. The Morgan fingerprint density at radius 3 is 1.22 bits per heavy atom. The van der Waals surface area contributed by atoms with Gasteiger partial charge < -0.3 is 4.74 Å². The summed E-state index contributed by atoms with van der Waals surface area (Å²) in [5.74, 6) is 0. The molecule has 5 aromatic carbocycles. The zero-order valence-corrected chi connectivity index (χ0v) is 30.6. The van der Waals surface area contributed by atoms with E-state index in [9.17, 15) is 0 Å². The Kier molecular flexibility index (Phi) is 16.6. The molecule has 46 heavy (non-hydrogen) atoms. The smallest absolute Gasteiger partial charge is 0.0134 e. The molecule has 1 heterocycles. The summed E-state index contributed by atoms with van der Waals surface area (Å²) >= 11 is -0.346. The third-order valence-corrected chi connectivity index (χ3v) is 12.1. The Morgan fingerprint density at radius 1 is 0.543 bits per heavy atom. The second-order valence-electron chi connectivity index (χ2n) is 9.86. The van der Waals surface area contributed by atoms with Crippen molar-refractivity contribution in [2.75, 3.05) is 13.2 Å². The topological polar surface area (TPSA) is 22.1 Å². The van der Waals surface area contributed by atoms with Crippen molar-refractivity contribution < 1.29 is 19.9 Å². The van der Waals surface area contributed by atoms with E-state index >= 15 is 0 Å². The number of halogens is 2. The summed E-state index contributed by atoms with van der Waals surface area (Å²) in [7, 11) is 8.67. The summed E-state index contributed by atoms with van der Waals surface area (Å²) in [6.45, 7) is 3.45. The van der Waals surface area contributed by atoms with Crippen molar-refractivity contribution in [1.29, 1.82) is 0 Å². The molecule has 1 aromatic heterocycles. The van der Waals surface area contributed by atoms with E-state index in [0.717, 1.165) is 12.3 Å². The minimum Gasteiger partial charge on any atom is -0.0622 e. The number of hydrogen-bond acceptors (Lipinski definition) is 2. The number of benzene rings is 5. The fraction of sp³-hybridized carbons (Fsp3) is 0.103. The fourth-order valence-corrected chi connectivity index (χ4v) is 9.94. The van der Waals surface area contributed by atoms with Crippen LogP contribution in [0.25, 0.3) is 0 Å². The van der Waals surface area contributed by atoms with Gasteiger partial charge in [0.25, 0.3) is 0 Å². The molecule has 6 rings (SSSR count). The molecule has 0 aliphatic rings. The van der Waals surface area contributed by atoms with Gasteiger partial charge in [-0.15, -0.1) is 0 Å². The number of pyridine rings is 1. The van der Waals surface area contributed by atoms with Crippen LogP contribution in [0.3, 0.4) is 0 Å². The first-order valence-corrected chi connectivity index (χ1v) is 22.2. The molecule has 0 N–H and O–H groups in total. The van der Waals surface area contributed by atoms with E-state index < -0.39 is 15.8 Å². The van der Waals surface area contributed by atoms with Gasteiger partial charge in [0.15, 0.2) is 0 Å². The first-order chi connectivity index (χ1) is 22.8. The molecule has 0 fully saturated rings. The van der Waals surface area contributed by atoms with Crippen LogP contribution in [0.15, 0.2) is 176 Å². The number of ether oxygens (including phenoxy) is 1. The van der Waals surface area contributed by atoms with E-state index in [4.69, 9.17) is 24.1 Å². The van der Waals surface area contributed by atoms with Gasteiger partial charge in [-0.1, -0.05) is 158 Å². The fourth-order valence-electron chi connectivity index (χ4n) is 4.96. The zero-order valence-electron chi connectivity index (χ0n) is 25.6. The standard InChI is InChI=1S/C21H22NOP.C18H15P.2ClH.Ru/c1-2-23-17-21(20-15-9-10-16-22-20)24(18-11-5-3-6-12-18)19-13-7-4-8-14-19;1-4-10-16(11-5-1)19(17-12-6-2-7-13-17)18-14-8-3-9-15-18;;;/h3-16,21H,2,17H2,1H3;1-15H;2*1H;/q;;;;+2/p-2. The van der Waals surface area contributed by atoms with Crippen molar-refractivity contribution in [3.63, 3.8) is 0 Å². The summed E-state index contributed by atoms with van der Waals surface area (Å²) in [6, 6.07) is 60.0. The molecule has 2 nitrogen and oxygen atoms in total. The van der Waals surface area contributed by atoms with Crippen molar-refractivity contribution in [3.8, 4) is 0 Å². The van der Waals surface area contributed by atoms with Crippen LogP contribution < -0.4 is 26.5 Å². The monoisotopic (exact) mass is 769 g/mol. The minimum atomic E-state index is -0.590. The molecular weight excluding hydrogens is 732 g/mol. The quantitative estimate of drug-likeness (QED) is 0.103. The molecule has 236 valence electrons. The van der Waals surface area contributed by atoms with Gasteiger partial charge in [0.05, 0.1) is 18.0 Å². The molecule has 0 aliphatic carbocycles. The van der Waals surface area contributed by atoms with Crippen LogP contribution in [0.4, 0.5) is 0 Å². The van der Waals surface area contributed by atoms with Gasteiger partial charge in [0.1, 0.15) is 0 Å². The maximum Gasteiger partial charge on any atom is -0.0134 e. The minimum absolute atomic E-state index is 0.242. The molecular formula is C39H37Cl2NOP2Ru. The van der Waals surface area contributed by atoms with Crippen LogP contribution in [-0.4, -0.2) is 18.2 Å². The predicted molar refractivity (Wildman–Crippen MR) is 199 cm³/mol. The first kappa shape index (κ1) is 36.1. The normalized spacial score (nSPS) is 11.2. The number of nitrogens with zero attached hydrogens (tertiary/aromatic N) is 1. The summed E-state index contributed by atoms with van der Waals surface area (Å²) in [5, 5.41) is 6.91. The van der Waals surface area contributed by atoms with Crippen molar-refractivity contribution in [2.45, 2.75) is 12.6 Å². The van der Waals surface area contributed by atoms with Crippen molar-refractivity contribution in [3.05, 3.63) is 182 Å². The Hall–Kier alpha value is -2.73. The van der Waals surface area contributed by atoms with Crippen LogP contribution in [0, 0.1) is 0 Å². The second-order valence-corrected chi connectivity index (χ2v) is 17.1. The van der Waals surface area contributed by atoms with Gasteiger partial charge in [0.2, 0.25) is 0 Å². The maximum absolute atomic E-state index is 5.85. The van der Waals surface area contributed by atoms with Gasteiger partial charge >= 0.3 is 34.5 Å². The van der Waals surface area contributed by atoms with Crippen LogP contribution >= 0.6 is 35.2 Å². The molecule has 0 aliphatic heterocycles. The van der Waals surface area contributed by atoms with Gasteiger partial charge in [-0.2, -0.15) is 0 Å². The average Bonchev–Trinajstić information content (AvgIpc) is 3.13. The van der Waals surface area contributed by atoms with E-state index in [1.54, 1.807) is 0 Å². The average molecular weight is 770 g/mol. The molecule has 6 aromatic rings. The number of aromatic nitrogens is 1. The molecule has 0 saturated heterocycles. The maximum atomic E-state index is 5.85. The van der Waals surface area contributed by atoms with Crippen molar-refractivity contribution in [2.24, 2.45) is 0 Å². The third kappa shape index (κ3) is 11.2. The molecule has 0 amide bonds. The second kappa shape index (κ2) is 21.2. The zero-order chi connectivity index (χ0) is 32.2. The SMILES string of the molecule is CCOCC(c1ccccn1)P(c1ccccc1)c1ccccc1.[Cl][Ru][Cl].c1ccc(P(c2ccccc2)c2ccccc2)cc1. The van der Waals surface area contributed by atoms with Gasteiger partial charge in [-0.05, 0) is 61.4 Å². The summed E-state index contributed by atoms with van der Waals surface area (Å²) in [5.41, 5.74) is 1.34. The molecule has 0 radical (unpaired) electrons. The van der Waals surface area contributed by atoms with E-state index in [1.165, 1.54) is 26.5 Å². The summed E-state index contributed by atoms with van der Waals surface area (Å²) in [4.78, 5) is 4.64. The Bertz CT molecular complexity index is 1490. The van der Waals surface area contributed by atoms with E-state index in [2.05, 4.69) is 169 Å². The van der Waals surface area contributed by atoms with Gasteiger partial charge in [-0.3, -0.25) is 4.98 Å². The molecule has 1 atom stereocenters. The molecule has 0 saturated carbocycles. The van der Waals surface area contributed by atoms with Crippen LogP contribution in [0.5, 0.6) is 0 Å². The molecule has 1 unspecified atom stereocenters. The number of rotatable bonds is 10. The molecule has 0 spiro atoms. The van der Waals surface area contributed by atoms with Crippen molar-refractivity contribution in [1.82, 2.24) is 4.98 Å². The Balaban J connectivity index is 0.000000197. The largest absolute Gasteiger partial charge is 0.0622 e. The first-order valence-electron chi connectivity index (χ1n) is 14.9. The summed E-state index contributed by atoms with van der Waals surface area (Å²) < 4.78 is 5.85. The van der Waals surface area contributed by atoms with E-state index in [-0.39, 0.29) is 20.8 Å². The van der Waals surface area contributed by atoms with Gasteiger partial charge in [0, 0.05) is 12.8 Å². The predicted octanol–water partition coefficient (Wildman–Crippen LogP) is 9.11. The van der Waals surface area contributed by atoms with Crippen molar-refractivity contribution >= 4 is 61.7 Å². The Labute approximate surface area is 292 Å².